The Hall–Kier alpha value is -11.0. The van der Waals surface area contributed by atoms with Crippen LogP contribution in [0.5, 0.6) is 0 Å². The molecule has 422 valence electrons. The van der Waals surface area contributed by atoms with Crippen LogP contribution in [0.3, 0.4) is 0 Å². The van der Waals surface area contributed by atoms with Crippen LogP contribution in [0.2, 0.25) is 0 Å². The fourth-order valence-electron chi connectivity index (χ4n) is 7.86. The Bertz CT molecular complexity index is 3790. The Morgan fingerprint density at radius 3 is 1.11 bits per heavy atom. The lowest BCUT2D eigenvalue weighted by molar-refractivity contribution is -0.147. The molecule has 7 aromatic rings. The summed E-state index contributed by atoms with van der Waals surface area (Å²) in [7, 11) is 5.72. The second-order valence-electron chi connectivity index (χ2n) is 18.6. The van der Waals surface area contributed by atoms with Crippen LogP contribution in [-0.4, -0.2) is 97.5 Å². The largest absolute Gasteiger partial charge is 0.477 e. The minimum absolute atomic E-state index is 0.115. The van der Waals surface area contributed by atoms with Crippen molar-refractivity contribution in [2.24, 2.45) is 0 Å². The van der Waals surface area contributed by atoms with Crippen LogP contribution in [0, 0.1) is 22.7 Å². The van der Waals surface area contributed by atoms with E-state index in [1.165, 1.54) is 26.0 Å². The fourth-order valence-corrected chi connectivity index (χ4v) is 8.07. The van der Waals surface area contributed by atoms with E-state index < -0.39 is 29.8 Å². The summed E-state index contributed by atoms with van der Waals surface area (Å²) in [6, 6.07) is 48.4. The predicted molar refractivity (Wildman–Crippen MR) is 322 cm³/mol. The number of carbonyl (C=O) groups excluding carboxylic acids is 4. The second-order valence-corrected chi connectivity index (χ2v) is 19.0. The zero-order valence-electron chi connectivity index (χ0n) is 46.4. The van der Waals surface area contributed by atoms with Crippen LogP contribution in [0.4, 0.5) is 34.1 Å². The third kappa shape index (κ3) is 16.1. The monoisotopic (exact) mass is 1140 g/mol. The molecule has 6 aromatic carbocycles. The van der Waals surface area contributed by atoms with E-state index in [1.807, 2.05) is 151 Å². The van der Waals surface area contributed by atoms with E-state index in [1.54, 1.807) is 42.5 Å². The lowest BCUT2D eigenvalue weighted by atomic mass is 10.1. The molecule has 0 spiro atoms. The molecule has 0 unspecified atom stereocenters. The number of aliphatic carboxylic acids is 1. The number of carboxylic acids is 1. The number of aromatic nitrogens is 3. The Kier molecular flexibility index (Phi) is 20.6. The first kappa shape index (κ1) is 60.7. The van der Waals surface area contributed by atoms with Gasteiger partial charge in [0.05, 0.1) is 5.03 Å². The summed E-state index contributed by atoms with van der Waals surface area (Å²) in [5.74, 6) is -2.75. The van der Waals surface area contributed by atoms with Crippen LogP contribution in [-0.2, 0) is 42.9 Å². The number of ether oxygens (including phenoxy) is 4. The zero-order chi connectivity index (χ0) is 60.5. The van der Waals surface area contributed by atoms with Gasteiger partial charge in [0.2, 0.25) is 0 Å². The SMILES string of the molecule is C=C(C)C(=O)OCCOC(=O)/C=C(\Cl)c1ccc(N(C)c2ccc(-c3nc(-c4ccc(N(C)c5ccc(/C=C(\C#N)C(=O)O)cc5)cc4)nc(-c4ccc(N(C)c5ccc(/C=C(\C#N)C(=O)OCCOC(=O)C(=C)C)cc5)cc4)n3)cc2)cc1. The molecule has 0 fully saturated rings. The second kappa shape index (κ2) is 28.5. The summed E-state index contributed by atoms with van der Waals surface area (Å²) < 4.78 is 20.1. The van der Waals surface area contributed by atoms with E-state index in [2.05, 4.69) is 13.2 Å². The minimum Gasteiger partial charge on any atom is -0.477 e. The predicted octanol–water partition coefficient (Wildman–Crippen LogP) is 12.0. The first-order valence-corrected chi connectivity index (χ1v) is 26.1. The highest BCUT2D eigenvalue weighted by atomic mass is 35.5. The zero-order valence-corrected chi connectivity index (χ0v) is 47.2. The van der Waals surface area contributed by atoms with E-state index in [0.717, 1.165) is 56.9 Å². The number of esters is 4. The normalized spacial score (nSPS) is 11.3. The molecule has 0 radical (unpaired) electrons. The van der Waals surface area contributed by atoms with Gasteiger partial charge in [-0.15, -0.1) is 0 Å². The molecule has 0 aliphatic carbocycles. The van der Waals surface area contributed by atoms with Gasteiger partial charge in [0.1, 0.15) is 49.7 Å². The molecule has 18 nitrogen and oxygen atoms in total. The van der Waals surface area contributed by atoms with Crippen LogP contribution in [0.15, 0.2) is 187 Å². The van der Waals surface area contributed by atoms with Gasteiger partial charge in [0, 0.05) is 89.2 Å². The first-order chi connectivity index (χ1) is 40.3. The van der Waals surface area contributed by atoms with Crippen molar-refractivity contribution in [3.63, 3.8) is 0 Å². The van der Waals surface area contributed by atoms with Gasteiger partial charge >= 0.3 is 29.8 Å². The smallest absolute Gasteiger partial charge is 0.349 e. The molecular weight excluding hydrogens is 1090 g/mol. The fraction of sp³-hybridized carbons (Fsp3) is 0.138. The van der Waals surface area contributed by atoms with Crippen molar-refractivity contribution < 1.29 is 48.0 Å². The number of anilines is 6. The van der Waals surface area contributed by atoms with Gasteiger partial charge in [-0.25, -0.2) is 38.9 Å². The third-order valence-corrected chi connectivity index (χ3v) is 13.0. The quantitative estimate of drug-likeness (QED) is 0.0206. The van der Waals surface area contributed by atoms with E-state index in [4.69, 9.17) is 45.5 Å². The van der Waals surface area contributed by atoms with Gasteiger partial charge in [-0.3, -0.25) is 0 Å². The van der Waals surface area contributed by atoms with Crippen LogP contribution >= 0.6 is 11.6 Å². The average Bonchev–Trinajstić information content (AvgIpc) is 3.17. The Balaban J connectivity index is 1.11. The first-order valence-electron chi connectivity index (χ1n) is 25.7. The molecule has 1 heterocycles. The maximum absolute atomic E-state index is 12.6. The number of halogens is 1. The molecule has 19 heteroatoms. The number of carboxylic acid groups (broad SMARTS) is 1. The van der Waals surface area contributed by atoms with Gasteiger partial charge in [-0.1, -0.05) is 61.2 Å². The Labute approximate surface area is 490 Å². The van der Waals surface area contributed by atoms with Crippen molar-refractivity contribution >= 4 is 92.8 Å². The number of nitriles is 2. The average molecular weight is 1140 g/mol. The van der Waals surface area contributed by atoms with Gasteiger partial charge in [-0.05, 0) is 152 Å². The van der Waals surface area contributed by atoms with E-state index >= 15 is 0 Å². The summed E-state index contributed by atoms with van der Waals surface area (Å²) in [5.41, 5.74) is 8.80. The molecule has 0 aliphatic heterocycles. The van der Waals surface area contributed by atoms with Crippen molar-refractivity contribution in [2.45, 2.75) is 13.8 Å². The lowest BCUT2D eigenvalue weighted by Gasteiger charge is -2.20. The highest BCUT2D eigenvalue weighted by Gasteiger charge is 2.17. The number of rotatable bonds is 23. The molecule has 1 N–H and O–H groups in total. The topological polar surface area (TPSA) is 238 Å². The molecule has 0 saturated carbocycles. The summed E-state index contributed by atoms with van der Waals surface area (Å²) in [6.45, 7) is 9.39. The van der Waals surface area contributed by atoms with Gasteiger partial charge in [0.25, 0.3) is 0 Å². The van der Waals surface area contributed by atoms with E-state index in [0.29, 0.717) is 34.2 Å². The Morgan fingerprint density at radius 1 is 0.488 bits per heavy atom. The molecule has 0 bridgehead atoms. The number of nitrogens with zero attached hydrogens (tertiary/aromatic N) is 8. The molecule has 0 aliphatic rings. The number of benzene rings is 6. The molecule has 7 rings (SSSR count). The number of hydrogen-bond acceptors (Lipinski definition) is 17. The standard InChI is InChI=1S/C65H55ClN8O10/c1-41(2)63(78)82-33-32-81-58(75)38-57(66)45-12-24-53(25-13-45)74(7)56-30-18-48(19-31-56)61-70-59(46-14-26-54(27-15-46)72(5)51-20-8-43(9-21-51)36-49(39-67)62(76)77)69-60(71-61)47-16-28-55(29-17-47)73(6)52-22-10-44(11-23-52)37-50(40-68)65(80)84-35-34-83-64(79)42(3)4/h8-31,36-38H,1,3,32-35H2,2,4-7H3,(H,76,77)/b49-36+,50-37+,57-38-. The van der Waals surface area contributed by atoms with Crippen molar-refractivity contribution in [3.05, 3.63) is 204 Å². The van der Waals surface area contributed by atoms with E-state index in [9.17, 15) is 39.6 Å². The molecule has 0 amide bonds. The van der Waals surface area contributed by atoms with Crippen molar-refractivity contribution in [2.75, 3.05) is 62.3 Å². The van der Waals surface area contributed by atoms with Gasteiger partial charge < -0.3 is 38.8 Å². The summed E-state index contributed by atoms with van der Waals surface area (Å²) in [5, 5.41) is 28.3. The minimum atomic E-state index is -1.30. The van der Waals surface area contributed by atoms with Crippen molar-refractivity contribution in [3.8, 4) is 46.3 Å². The highest BCUT2D eigenvalue weighted by Crippen LogP contribution is 2.33. The van der Waals surface area contributed by atoms with Crippen molar-refractivity contribution in [1.29, 1.82) is 10.5 Å². The summed E-state index contributed by atoms with van der Waals surface area (Å²) in [4.78, 5) is 80.4. The third-order valence-electron chi connectivity index (χ3n) is 12.6. The number of carbonyl (C=O) groups is 5. The Morgan fingerprint density at radius 2 is 0.786 bits per heavy atom. The summed E-state index contributed by atoms with van der Waals surface area (Å²) in [6.07, 6.45) is 3.89. The van der Waals surface area contributed by atoms with Crippen LogP contribution in [0.25, 0.3) is 51.3 Å². The van der Waals surface area contributed by atoms with Gasteiger partial charge in [-0.2, -0.15) is 10.5 Å². The van der Waals surface area contributed by atoms with Crippen LogP contribution < -0.4 is 14.7 Å². The number of hydrogen-bond donors (Lipinski definition) is 1. The van der Waals surface area contributed by atoms with Crippen LogP contribution in [0.1, 0.15) is 30.5 Å². The molecule has 1 aromatic heterocycles. The molecule has 0 saturated heterocycles. The molecule has 84 heavy (non-hydrogen) atoms. The maximum Gasteiger partial charge on any atom is 0.349 e. The lowest BCUT2D eigenvalue weighted by Crippen LogP contribution is -2.15. The van der Waals surface area contributed by atoms with E-state index in [-0.39, 0.29) is 53.8 Å². The van der Waals surface area contributed by atoms with Gasteiger partial charge in [0.15, 0.2) is 17.5 Å². The van der Waals surface area contributed by atoms with Crippen molar-refractivity contribution in [1.82, 2.24) is 15.0 Å². The molecular formula is C65H55ClN8O10. The highest BCUT2D eigenvalue weighted by molar-refractivity contribution is 6.50. The molecule has 0 atom stereocenters. The summed E-state index contributed by atoms with van der Waals surface area (Å²) >= 11 is 6.47. The maximum atomic E-state index is 12.6.